The molecule has 2 aromatic rings. The molecular formula is C14H20N2. The molecule has 0 aliphatic rings. The van der Waals surface area contributed by atoms with E-state index < -0.39 is 0 Å². The fourth-order valence-electron chi connectivity index (χ4n) is 2.35. The van der Waals surface area contributed by atoms with Gasteiger partial charge in [-0.15, -0.1) is 0 Å². The minimum atomic E-state index is 0.156. The molecule has 0 aliphatic heterocycles. The van der Waals surface area contributed by atoms with Gasteiger partial charge < -0.3 is 0 Å². The summed E-state index contributed by atoms with van der Waals surface area (Å²) in [4.78, 5) is 0. The first-order valence-electron chi connectivity index (χ1n) is 5.87. The van der Waals surface area contributed by atoms with Crippen molar-refractivity contribution < 1.29 is 0 Å². The third-order valence-corrected chi connectivity index (χ3v) is 3.03. The van der Waals surface area contributed by atoms with Crippen molar-refractivity contribution in [2.75, 3.05) is 0 Å². The van der Waals surface area contributed by atoms with Crippen LogP contribution in [0, 0.1) is 0 Å². The van der Waals surface area contributed by atoms with Crippen LogP contribution in [0.15, 0.2) is 18.3 Å². The number of rotatable bonds is 1. The molecule has 2 nitrogen and oxygen atoms in total. The summed E-state index contributed by atoms with van der Waals surface area (Å²) in [6, 6.07) is 4.36. The van der Waals surface area contributed by atoms with Gasteiger partial charge in [0.1, 0.15) is 0 Å². The van der Waals surface area contributed by atoms with Crippen LogP contribution < -0.4 is 0 Å². The molecule has 1 heterocycles. The van der Waals surface area contributed by atoms with Crippen molar-refractivity contribution in [2.24, 2.45) is 0 Å². The van der Waals surface area contributed by atoms with Gasteiger partial charge in [0, 0.05) is 5.39 Å². The molecule has 0 amide bonds. The minimum absolute atomic E-state index is 0.156. The highest BCUT2D eigenvalue weighted by Gasteiger charge is 2.22. The summed E-state index contributed by atoms with van der Waals surface area (Å²) in [6.45, 7) is 11.3. The van der Waals surface area contributed by atoms with Gasteiger partial charge in [-0.3, -0.25) is 5.10 Å². The number of aromatic amines is 1. The smallest absolute Gasteiger partial charge is 0.0653 e. The van der Waals surface area contributed by atoms with Gasteiger partial charge in [-0.05, 0) is 28.5 Å². The molecule has 1 N–H and O–H groups in total. The Morgan fingerprint density at radius 1 is 1.19 bits per heavy atom. The Bertz CT molecular complexity index is 501. The highest BCUT2D eigenvalue weighted by atomic mass is 15.1. The van der Waals surface area contributed by atoms with Crippen molar-refractivity contribution in [1.82, 2.24) is 10.2 Å². The number of nitrogens with zero attached hydrogens (tertiary/aromatic N) is 1. The summed E-state index contributed by atoms with van der Waals surface area (Å²) < 4.78 is 0. The molecule has 2 heteroatoms. The third-order valence-electron chi connectivity index (χ3n) is 3.03. The predicted molar refractivity (Wildman–Crippen MR) is 68.9 cm³/mol. The van der Waals surface area contributed by atoms with Gasteiger partial charge in [0.15, 0.2) is 0 Å². The van der Waals surface area contributed by atoms with E-state index in [4.69, 9.17) is 0 Å². The SMILES string of the molecule is CC(C)c1ccc2[nH]ncc2c1C(C)(C)C. The summed E-state index contributed by atoms with van der Waals surface area (Å²) >= 11 is 0. The van der Waals surface area contributed by atoms with E-state index in [2.05, 4.69) is 56.9 Å². The second-order valence-corrected chi connectivity index (χ2v) is 5.77. The minimum Gasteiger partial charge on any atom is -0.278 e. The van der Waals surface area contributed by atoms with Crippen LogP contribution in [0.4, 0.5) is 0 Å². The molecule has 2 rings (SSSR count). The Balaban J connectivity index is 2.81. The molecule has 0 unspecified atom stereocenters. The molecule has 0 aliphatic carbocycles. The first-order valence-corrected chi connectivity index (χ1v) is 5.87. The lowest BCUT2D eigenvalue weighted by molar-refractivity contribution is 0.583. The van der Waals surface area contributed by atoms with Crippen molar-refractivity contribution in [3.63, 3.8) is 0 Å². The molecule has 0 atom stereocenters. The zero-order valence-electron chi connectivity index (χ0n) is 10.8. The van der Waals surface area contributed by atoms with Gasteiger partial charge in [-0.1, -0.05) is 40.7 Å². The highest BCUT2D eigenvalue weighted by molar-refractivity contribution is 5.84. The molecule has 1 aromatic carbocycles. The Morgan fingerprint density at radius 3 is 2.44 bits per heavy atom. The van der Waals surface area contributed by atoms with E-state index >= 15 is 0 Å². The maximum atomic E-state index is 4.15. The molecule has 86 valence electrons. The van der Waals surface area contributed by atoms with E-state index in [1.165, 1.54) is 16.5 Å². The van der Waals surface area contributed by atoms with Crippen molar-refractivity contribution in [2.45, 2.75) is 46.0 Å². The number of nitrogens with one attached hydrogen (secondary N) is 1. The second kappa shape index (κ2) is 3.62. The first-order chi connectivity index (χ1) is 7.41. The molecule has 0 saturated heterocycles. The van der Waals surface area contributed by atoms with Gasteiger partial charge in [-0.25, -0.2) is 0 Å². The molecule has 0 bridgehead atoms. The van der Waals surface area contributed by atoms with Gasteiger partial charge >= 0.3 is 0 Å². The Hall–Kier alpha value is -1.31. The summed E-state index contributed by atoms with van der Waals surface area (Å²) in [6.07, 6.45) is 1.95. The number of hydrogen-bond donors (Lipinski definition) is 1. The highest BCUT2D eigenvalue weighted by Crippen LogP contribution is 2.35. The number of aromatic nitrogens is 2. The fourth-order valence-corrected chi connectivity index (χ4v) is 2.35. The zero-order chi connectivity index (χ0) is 11.9. The van der Waals surface area contributed by atoms with Crippen LogP contribution in [0.2, 0.25) is 0 Å². The van der Waals surface area contributed by atoms with E-state index in [1.54, 1.807) is 0 Å². The topological polar surface area (TPSA) is 28.7 Å². The number of H-pyrrole nitrogens is 1. The van der Waals surface area contributed by atoms with Crippen LogP contribution in [0.5, 0.6) is 0 Å². The van der Waals surface area contributed by atoms with Gasteiger partial charge in [0.25, 0.3) is 0 Å². The summed E-state index contributed by atoms with van der Waals surface area (Å²) in [7, 11) is 0. The Morgan fingerprint density at radius 2 is 1.88 bits per heavy atom. The van der Waals surface area contributed by atoms with Gasteiger partial charge in [0.2, 0.25) is 0 Å². The Kier molecular flexibility index (Phi) is 2.53. The van der Waals surface area contributed by atoms with Crippen LogP contribution in [0.25, 0.3) is 10.9 Å². The fraction of sp³-hybridized carbons (Fsp3) is 0.500. The lowest BCUT2D eigenvalue weighted by Crippen LogP contribution is -2.15. The van der Waals surface area contributed by atoms with Crippen LogP contribution in [0.3, 0.4) is 0 Å². The molecule has 0 saturated carbocycles. The lowest BCUT2D eigenvalue weighted by Gasteiger charge is -2.25. The van der Waals surface area contributed by atoms with Crippen LogP contribution in [0.1, 0.15) is 51.7 Å². The van der Waals surface area contributed by atoms with E-state index in [1.807, 2.05) is 6.20 Å². The van der Waals surface area contributed by atoms with Crippen molar-refractivity contribution in [3.05, 3.63) is 29.5 Å². The normalized spacial score (nSPS) is 12.6. The van der Waals surface area contributed by atoms with Gasteiger partial charge in [0.05, 0.1) is 11.7 Å². The summed E-state index contributed by atoms with van der Waals surface area (Å²) in [5.41, 5.74) is 4.15. The van der Waals surface area contributed by atoms with E-state index in [0.717, 1.165) is 5.52 Å². The molecule has 16 heavy (non-hydrogen) atoms. The summed E-state index contributed by atoms with van der Waals surface area (Å²) in [5.74, 6) is 0.550. The first kappa shape index (κ1) is 11.2. The van der Waals surface area contributed by atoms with E-state index in [-0.39, 0.29) is 5.41 Å². The standard InChI is InChI=1S/C14H20N2/c1-9(2)10-6-7-12-11(8-15-16-12)13(10)14(3,4)5/h6-9H,1-5H3,(H,15,16). The number of benzene rings is 1. The van der Waals surface area contributed by atoms with Crippen LogP contribution in [-0.2, 0) is 5.41 Å². The maximum absolute atomic E-state index is 4.15. The molecule has 0 radical (unpaired) electrons. The molecule has 0 fully saturated rings. The van der Waals surface area contributed by atoms with Gasteiger partial charge in [-0.2, -0.15) is 5.10 Å². The monoisotopic (exact) mass is 216 g/mol. The average Bonchev–Trinajstić information content (AvgIpc) is 2.61. The van der Waals surface area contributed by atoms with E-state index in [0.29, 0.717) is 5.92 Å². The number of fused-ring (bicyclic) bond motifs is 1. The third kappa shape index (κ3) is 1.73. The molecular weight excluding hydrogens is 196 g/mol. The maximum Gasteiger partial charge on any atom is 0.0653 e. The molecule has 0 spiro atoms. The van der Waals surface area contributed by atoms with Crippen molar-refractivity contribution >= 4 is 10.9 Å². The van der Waals surface area contributed by atoms with Crippen molar-refractivity contribution in [1.29, 1.82) is 0 Å². The van der Waals surface area contributed by atoms with Crippen LogP contribution >= 0.6 is 0 Å². The second-order valence-electron chi connectivity index (χ2n) is 5.77. The quantitative estimate of drug-likeness (QED) is 0.767. The van der Waals surface area contributed by atoms with Crippen molar-refractivity contribution in [3.8, 4) is 0 Å². The van der Waals surface area contributed by atoms with E-state index in [9.17, 15) is 0 Å². The average molecular weight is 216 g/mol. The largest absolute Gasteiger partial charge is 0.278 e. The zero-order valence-corrected chi connectivity index (χ0v) is 10.8. The predicted octanol–water partition coefficient (Wildman–Crippen LogP) is 3.98. The molecule has 1 aromatic heterocycles. The number of hydrogen-bond acceptors (Lipinski definition) is 1. The summed E-state index contributed by atoms with van der Waals surface area (Å²) in [5, 5.41) is 8.46. The lowest BCUT2D eigenvalue weighted by atomic mass is 9.79. The Labute approximate surface area is 97.1 Å². The van der Waals surface area contributed by atoms with Crippen LogP contribution in [-0.4, -0.2) is 10.2 Å².